The van der Waals surface area contributed by atoms with Crippen molar-refractivity contribution >= 4 is 0 Å². The van der Waals surface area contributed by atoms with Crippen LogP contribution in [0.1, 0.15) is 50.1 Å². The third kappa shape index (κ3) is 2.54. The molecule has 1 N–H and O–H groups in total. The van der Waals surface area contributed by atoms with Crippen LogP contribution in [0.15, 0.2) is 24.3 Å². The van der Waals surface area contributed by atoms with Gasteiger partial charge in [-0.3, -0.25) is 0 Å². The number of hydrogen-bond donors (Lipinski definition) is 1. The first-order chi connectivity index (χ1) is 8.95. The minimum absolute atomic E-state index is 0.502. The second kappa shape index (κ2) is 5.75. The van der Waals surface area contributed by atoms with E-state index in [4.69, 9.17) is 4.74 Å². The Morgan fingerprint density at radius 1 is 1.00 bits per heavy atom. The highest BCUT2D eigenvalue weighted by molar-refractivity contribution is 5.36. The smallest absolute Gasteiger partial charge is 0.124 e. The third-order valence-corrected chi connectivity index (χ3v) is 4.32. The summed E-state index contributed by atoms with van der Waals surface area (Å²) in [6.45, 7) is 1.91. The van der Waals surface area contributed by atoms with Crippen molar-refractivity contribution in [2.45, 2.75) is 44.6 Å². The molecule has 2 nitrogen and oxygen atoms in total. The van der Waals surface area contributed by atoms with Gasteiger partial charge in [0.1, 0.15) is 5.75 Å². The van der Waals surface area contributed by atoms with Gasteiger partial charge in [-0.15, -0.1) is 0 Å². The van der Waals surface area contributed by atoms with E-state index in [1.54, 1.807) is 0 Å². The van der Waals surface area contributed by atoms with Crippen molar-refractivity contribution in [3.63, 3.8) is 0 Å². The van der Waals surface area contributed by atoms with Gasteiger partial charge >= 0.3 is 0 Å². The Balaban J connectivity index is 1.87. The molecule has 1 aliphatic carbocycles. The monoisotopic (exact) mass is 245 g/mol. The molecule has 1 heterocycles. The first-order valence-electron chi connectivity index (χ1n) is 7.40. The van der Waals surface area contributed by atoms with E-state index in [1.807, 2.05) is 0 Å². The number of para-hydroxylation sites is 1. The molecule has 1 fully saturated rings. The van der Waals surface area contributed by atoms with Crippen LogP contribution in [0.25, 0.3) is 0 Å². The highest BCUT2D eigenvalue weighted by Crippen LogP contribution is 2.38. The van der Waals surface area contributed by atoms with Crippen molar-refractivity contribution in [2.75, 3.05) is 13.2 Å². The average Bonchev–Trinajstić information content (AvgIpc) is 2.41. The summed E-state index contributed by atoms with van der Waals surface area (Å²) < 4.78 is 5.91. The van der Waals surface area contributed by atoms with Crippen LogP contribution in [0, 0.1) is 5.92 Å². The third-order valence-electron chi connectivity index (χ3n) is 4.32. The van der Waals surface area contributed by atoms with Gasteiger partial charge in [-0.1, -0.05) is 37.5 Å². The summed E-state index contributed by atoms with van der Waals surface area (Å²) in [5.41, 5.74) is 1.38. The summed E-state index contributed by atoms with van der Waals surface area (Å²) in [7, 11) is 0. The number of hydrogen-bond acceptors (Lipinski definition) is 2. The number of nitrogens with one attached hydrogen (secondary N) is 1. The first kappa shape index (κ1) is 12.0. The predicted octanol–water partition coefficient (Wildman–Crippen LogP) is 3.68. The van der Waals surface area contributed by atoms with Gasteiger partial charge < -0.3 is 10.1 Å². The largest absolute Gasteiger partial charge is 0.493 e. The molecule has 1 aliphatic heterocycles. The van der Waals surface area contributed by atoms with E-state index in [0.717, 1.165) is 31.2 Å². The quantitative estimate of drug-likeness (QED) is 0.815. The minimum Gasteiger partial charge on any atom is -0.493 e. The Kier molecular flexibility index (Phi) is 3.84. The summed E-state index contributed by atoms with van der Waals surface area (Å²) in [4.78, 5) is 0. The predicted molar refractivity (Wildman–Crippen MR) is 73.9 cm³/mol. The van der Waals surface area contributed by atoms with Crippen LogP contribution >= 0.6 is 0 Å². The second-order valence-corrected chi connectivity index (χ2v) is 5.57. The molecular formula is C16H23NO. The van der Waals surface area contributed by atoms with Gasteiger partial charge in [-0.05, 0) is 37.8 Å². The number of rotatable bonds is 1. The molecule has 3 rings (SSSR count). The molecule has 0 aromatic heterocycles. The lowest BCUT2D eigenvalue weighted by Gasteiger charge is -2.33. The van der Waals surface area contributed by atoms with Crippen molar-refractivity contribution < 1.29 is 4.74 Å². The summed E-state index contributed by atoms with van der Waals surface area (Å²) in [5.74, 6) is 1.89. The van der Waals surface area contributed by atoms with E-state index < -0.39 is 0 Å². The van der Waals surface area contributed by atoms with Gasteiger partial charge in [-0.25, -0.2) is 0 Å². The maximum absolute atomic E-state index is 5.91. The van der Waals surface area contributed by atoms with Gasteiger partial charge in [0.15, 0.2) is 0 Å². The van der Waals surface area contributed by atoms with E-state index in [9.17, 15) is 0 Å². The molecule has 1 aromatic carbocycles. The molecule has 0 saturated heterocycles. The van der Waals surface area contributed by atoms with Crippen molar-refractivity contribution in [3.8, 4) is 5.75 Å². The van der Waals surface area contributed by atoms with Crippen LogP contribution in [0.3, 0.4) is 0 Å². The molecule has 1 unspecified atom stereocenters. The van der Waals surface area contributed by atoms with E-state index >= 15 is 0 Å². The maximum Gasteiger partial charge on any atom is 0.124 e. The molecule has 2 aliphatic rings. The molecule has 98 valence electrons. The van der Waals surface area contributed by atoms with Crippen LogP contribution in [-0.2, 0) is 0 Å². The normalized spacial score (nSPS) is 25.7. The van der Waals surface area contributed by atoms with Crippen molar-refractivity contribution in [2.24, 2.45) is 5.92 Å². The van der Waals surface area contributed by atoms with Crippen LogP contribution in [0.2, 0.25) is 0 Å². The van der Waals surface area contributed by atoms with Gasteiger partial charge in [0.05, 0.1) is 6.61 Å². The maximum atomic E-state index is 5.91. The Morgan fingerprint density at radius 2 is 1.83 bits per heavy atom. The second-order valence-electron chi connectivity index (χ2n) is 5.57. The molecule has 0 radical (unpaired) electrons. The van der Waals surface area contributed by atoms with Crippen LogP contribution in [-0.4, -0.2) is 13.2 Å². The highest BCUT2D eigenvalue weighted by Gasteiger charge is 2.27. The van der Waals surface area contributed by atoms with Crippen molar-refractivity contribution in [1.82, 2.24) is 5.32 Å². The molecule has 0 amide bonds. The molecule has 0 bridgehead atoms. The van der Waals surface area contributed by atoms with Crippen LogP contribution in [0.5, 0.6) is 5.75 Å². The zero-order valence-electron chi connectivity index (χ0n) is 11.0. The zero-order valence-corrected chi connectivity index (χ0v) is 11.0. The Morgan fingerprint density at radius 3 is 2.72 bits per heavy atom. The minimum atomic E-state index is 0.502. The van der Waals surface area contributed by atoms with Gasteiger partial charge in [-0.2, -0.15) is 0 Å². The first-order valence-corrected chi connectivity index (χ1v) is 7.40. The molecule has 1 saturated carbocycles. The van der Waals surface area contributed by atoms with Gasteiger partial charge in [0, 0.05) is 11.6 Å². The fourth-order valence-electron chi connectivity index (χ4n) is 3.38. The standard InChI is InChI=1S/C16H23NO/c1-2-7-13(8-3-1)16-14-9-4-5-10-15(14)18-12-6-11-17-16/h4-5,9-10,13,16-17H,1-3,6-8,11-12H2. The van der Waals surface area contributed by atoms with Crippen LogP contribution in [0.4, 0.5) is 0 Å². The molecule has 18 heavy (non-hydrogen) atoms. The number of benzene rings is 1. The fourth-order valence-corrected chi connectivity index (χ4v) is 3.38. The summed E-state index contributed by atoms with van der Waals surface area (Å²) in [6, 6.07) is 9.09. The summed E-state index contributed by atoms with van der Waals surface area (Å²) >= 11 is 0. The fraction of sp³-hybridized carbons (Fsp3) is 0.625. The average molecular weight is 245 g/mol. The SMILES string of the molecule is c1ccc2c(c1)OCCCNC2C1CCCCC1. The van der Waals surface area contributed by atoms with E-state index in [-0.39, 0.29) is 0 Å². The molecule has 1 atom stereocenters. The van der Waals surface area contributed by atoms with Gasteiger partial charge in [0.2, 0.25) is 0 Å². The lowest BCUT2D eigenvalue weighted by Crippen LogP contribution is -2.33. The van der Waals surface area contributed by atoms with Gasteiger partial charge in [0.25, 0.3) is 0 Å². The Hall–Kier alpha value is -1.02. The lowest BCUT2D eigenvalue weighted by molar-refractivity contribution is 0.233. The van der Waals surface area contributed by atoms with Crippen molar-refractivity contribution in [1.29, 1.82) is 0 Å². The molecule has 0 spiro atoms. The van der Waals surface area contributed by atoms with E-state index in [0.29, 0.717) is 6.04 Å². The number of fused-ring (bicyclic) bond motifs is 1. The van der Waals surface area contributed by atoms with E-state index in [1.165, 1.54) is 37.7 Å². The Bertz CT molecular complexity index is 384. The van der Waals surface area contributed by atoms with Crippen molar-refractivity contribution in [3.05, 3.63) is 29.8 Å². The van der Waals surface area contributed by atoms with E-state index in [2.05, 4.69) is 29.6 Å². The summed E-state index contributed by atoms with van der Waals surface area (Å²) in [6.07, 6.45) is 8.05. The molecule has 2 heteroatoms. The highest BCUT2D eigenvalue weighted by atomic mass is 16.5. The molecule has 1 aromatic rings. The topological polar surface area (TPSA) is 21.3 Å². The van der Waals surface area contributed by atoms with Crippen LogP contribution < -0.4 is 10.1 Å². The molecular weight excluding hydrogens is 222 g/mol. The Labute approximate surface area is 110 Å². The summed E-state index contributed by atoms with van der Waals surface area (Å²) in [5, 5.41) is 3.77. The zero-order chi connectivity index (χ0) is 12.2. The number of ether oxygens (including phenoxy) is 1. The lowest BCUT2D eigenvalue weighted by atomic mass is 9.80.